The van der Waals surface area contributed by atoms with Gasteiger partial charge in [0.25, 0.3) is 0 Å². The quantitative estimate of drug-likeness (QED) is 0.844. The molecule has 0 atom stereocenters. The zero-order valence-electron chi connectivity index (χ0n) is 9.20. The molecule has 0 aliphatic rings. The molecule has 0 bridgehead atoms. The summed E-state index contributed by atoms with van der Waals surface area (Å²) < 4.78 is 24.5. The van der Waals surface area contributed by atoms with Gasteiger partial charge in [-0.15, -0.1) is 0 Å². The lowest BCUT2D eigenvalue weighted by Gasteiger charge is -2.08. The van der Waals surface area contributed by atoms with Crippen LogP contribution < -0.4 is 10.0 Å². The van der Waals surface area contributed by atoms with Crippen molar-refractivity contribution in [3.05, 3.63) is 28.8 Å². The summed E-state index contributed by atoms with van der Waals surface area (Å²) >= 11 is 5.74. The van der Waals surface area contributed by atoms with Crippen LogP contribution in [0.4, 0.5) is 5.69 Å². The molecule has 0 aliphatic heterocycles. The third-order valence-corrected chi connectivity index (χ3v) is 3.70. The minimum absolute atomic E-state index is 0.0585. The van der Waals surface area contributed by atoms with Gasteiger partial charge in [0.15, 0.2) is 0 Å². The summed E-state index contributed by atoms with van der Waals surface area (Å²) in [5.74, 6) is -0.0585. The number of rotatable bonds is 5. The van der Waals surface area contributed by atoms with Gasteiger partial charge in [-0.05, 0) is 25.2 Å². The van der Waals surface area contributed by atoms with Crippen LogP contribution in [0.5, 0.6) is 0 Å². The fourth-order valence-electron chi connectivity index (χ4n) is 1.19. The summed E-state index contributed by atoms with van der Waals surface area (Å²) in [5, 5.41) is 12.2. The average Bonchev–Trinajstić information content (AvgIpc) is 2.30. The van der Waals surface area contributed by atoms with Crippen molar-refractivity contribution in [3.8, 4) is 6.07 Å². The molecule has 0 radical (unpaired) electrons. The molecular weight excluding hydrogens is 262 g/mol. The number of sulfonamides is 1. The molecule has 17 heavy (non-hydrogen) atoms. The maximum atomic E-state index is 11.2. The molecule has 0 aliphatic carbocycles. The highest BCUT2D eigenvalue weighted by Gasteiger charge is 2.07. The number of nitriles is 1. The van der Waals surface area contributed by atoms with Gasteiger partial charge in [0.05, 0.1) is 17.0 Å². The maximum Gasteiger partial charge on any atom is 0.213 e. The van der Waals surface area contributed by atoms with Crippen LogP contribution in [0.3, 0.4) is 0 Å². The van der Waals surface area contributed by atoms with E-state index in [1.807, 2.05) is 6.07 Å². The van der Waals surface area contributed by atoms with Crippen molar-refractivity contribution in [2.24, 2.45) is 0 Å². The third-order valence-electron chi connectivity index (χ3n) is 2.10. The Morgan fingerprint density at radius 1 is 1.47 bits per heavy atom. The first kappa shape index (κ1) is 13.8. The highest BCUT2D eigenvalue weighted by atomic mass is 35.5. The molecule has 0 amide bonds. The second kappa shape index (κ2) is 5.87. The summed E-state index contributed by atoms with van der Waals surface area (Å²) in [6.45, 7) is 0.222. The van der Waals surface area contributed by atoms with Gasteiger partial charge >= 0.3 is 0 Å². The smallest absolute Gasteiger partial charge is 0.213 e. The minimum atomic E-state index is -3.24. The molecular formula is C10H12ClN3O2S. The lowest BCUT2D eigenvalue weighted by Crippen LogP contribution is -2.26. The van der Waals surface area contributed by atoms with E-state index in [0.717, 1.165) is 0 Å². The van der Waals surface area contributed by atoms with Crippen LogP contribution in [0, 0.1) is 11.3 Å². The van der Waals surface area contributed by atoms with Gasteiger partial charge < -0.3 is 5.32 Å². The molecule has 2 N–H and O–H groups in total. The van der Waals surface area contributed by atoms with Crippen molar-refractivity contribution in [2.75, 3.05) is 24.7 Å². The molecule has 92 valence electrons. The fraction of sp³-hybridized carbons (Fsp3) is 0.300. The van der Waals surface area contributed by atoms with E-state index in [1.54, 1.807) is 12.1 Å². The van der Waals surface area contributed by atoms with E-state index in [4.69, 9.17) is 16.9 Å². The van der Waals surface area contributed by atoms with E-state index >= 15 is 0 Å². The van der Waals surface area contributed by atoms with Gasteiger partial charge in [-0.1, -0.05) is 11.6 Å². The van der Waals surface area contributed by atoms with Gasteiger partial charge in [-0.3, -0.25) is 0 Å². The number of benzene rings is 1. The van der Waals surface area contributed by atoms with Crippen LogP contribution in [0.25, 0.3) is 0 Å². The highest BCUT2D eigenvalue weighted by Crippen LogP contribution is 2.19. The standard InChI is InChI=1S/C10H12ClN3O2S/c1-13-17(15,16)5-4-14-10-3-2-9(11)6-8(10)7-12/h2-3,6,13-14H,4-5H2,1H3. The van der Waals surface area contributed by atoms with Gasteiger partial charge in [-0.25, -0.2) is 13.1 Å². The first-order chi connectivity index (χ1) is 7.98. The third kappa shape index (κ3) is 4.23. The van der Waals surface area contributed by atoms with E-state index in [9.17, 15) is 8.42 Å². The van der Waals surface area contributed by atoms with E-state index < -0.39 is 10.0 Å². The first-order valence-electron chi connectivity index (χ1n) is 4.83. The molecule has 0 heterocycles. The van der Waals surface area contributed by atoms with Crippen molar-refractivity contribution in [1.29, 1.82) is 5.26 Å². The Hall–Kier alpha value is -1.29. The van der Waals surface area contributed by atoms with E-state index in [2.05, 4.69) is 10.0 Å². The van der Waals surface area contributed by atoms with Crippen LogP contribution in [-0.4, -0.2) is 27.8 Å². The van der Waals surface area contributed by atoms with Gasteiger partial charge in [0.2, 0.25) is 10.0 Å². The Labute approximate surface area is 105 Å². The largest absolute Gasteiger partial charge is 0.383 e. The molecule has 0 spiro atoms. The predicted octanol–water partition coefficient (Wildman–Crippen LogP) is 1.17. The molecule has 1 aromatic carbocycles. The van der Waals surface area contributed by atoms with Crippen LogP contribution in [0.1, 0.15) is 5.56 Å². The second-order valence-corrected chi connectivity index (χ2v) is 5.73. The summed E-state index contributed by atoms with van der Waals surface area (Å²) in [7, 11) is -1.88. The molecule has 0 saturated carbocycles. The predicted molar refractivity (Wildman–Crippen MR) is 67.5 cm³/mol. The number of hydrogen-bond donors (Lipinski definition) is 2. The Morgan fingerprint density at radius 3 is 2.76 bits per heavy atom. The molecule has 0 saturated heterocycles. The van der Waals surface area contributed by atoms with Gasteiger partial charge in [0, 0.05) is 11.6 Å². The minimum Gasteiger partial charge on any atom is -0.383 e. The summed E-state index contributed by atoms with van der Waals surface area (Å²) in [5.41, 5.74) is 0.961. The van der Waals surface area contributed by atoms with Crippen LogP contribution >= 0.6 is 11.6 Å². The highest BCUT2D eigenvalue weighted by molar-refractivity contribution is 7.89. The summed E-state index contributed by atoms with van der Waals surface area (Å²) in [4.78, 5) is 0. The molecule has 0 fully saturated rings. The molecule has 0 unspecified atom stereocenters. The van der Waals surface area contributed by atoms with E-state index in [0.29, 0.717) is 16.3 Å². The lowest BCUT2D eigenvalue weighted by atomic mass is 10.2. The second-order valence-electron chi connectivity index (χ2n) is 3.25. The Balaban J connectivity index is 2.68. The molecule has 1 aromatic rings. The van der Waals surface area contributed by atoms with Crippen molar-refractivity contribution < 1.29 is 8.42 Å². The zero-order chi connectivity index (χ0) is 12.9. The SMILES string of the molecule is CNS(=O)(=O)CCNc1ccc(Cl)cc1C#N. The van der Waals surface area contributed by atoms with Crippen molar-refractivity contribution in [1.82, 2.24) is 4.72 Å². The Kier molecular flexibility index (Phi) is 4.75. The molecule has 0 aromatic heterocycles. The lowest BCUT2D eigenvalue weighted by molar-refractivity contribution is 0.588. The topological polar surface area (TPSA) is 82.0 Å². The van der Waals surface area contributed by atoms with Crippen molar-refractivity contribution in [3.63, 3.8) is 0 Å². The Morgan fingerprint density at radius 2 is 2.18 bits per heavy atom. The number of nitrogens with one attached hydrogen (secondary N) is 2. The summed E-state index contributed by atoms with van der Waals surface area (Å²) in [6, 6.07) is 6.79. The molecule has 1 rings (SSSR count). The normalized spacial score (nSPS) is 10.9. The van der Waals surface area contributed by atoms with Gasteiger partial charge in [0.1, 0.15) is 6.07 Å². The van der Waals surface area contributed by atoms with Gasteiger partial charge in [-0.2, -0.15) is 5.26 Å². The first-order valence-corrected chi connectivity index (χ1v) is 6.86. The number of nitrogens with zero attached hydrogens (tertiary/aromatic N) is 1. The van der Waals surface area contributed by atoms with Crippen LogP contribution in [0.15, 0.2) is 18.2 Å². The van der Waals surface area contributed by atoms with Crippen LogP contribution in [-0.2, 0) is 10.0 Å². The van der Waals surface area contributed by atoms with Crippen molar-refractivity contribution >= 4 is 27.3 Å². The fourth-order valence-corrected chi connectivity index (χ4v) is 1.93. The number of halogens is 1. The van der Waals surface area contributed by atoms with Crippen LogP contribution in [0.2, 0.25) is 5.02 Å². The maximum absolute atomic E-state index is 11.2. The molecule has 5 nitrogen and oxygen atoms in total. The summed E-state index contributed by atoms with van der Waals surface area (Å²) in [6.07, 6.45) is 0. The molecule has 7 heteroatoms. The zero-order valence-corrected chi connectivity index (χ0v) is 10.8. The monoisotopic (exact) mass is 273 g/mol. The number of hydrogen-bond acceptors (Lipinski definition) is 4. The van der Waals surface area contributed by atoms with E-state index in [1.165, 1.54) is 13.1 Å². The Bertz CT molecular complexity index is 537. The van der Waals surface area contributed by atoms with E-state index in [-0.39, 0.29) is 12.3 Å². The van der Waals surface area contributed by atoms with Crippen molar-refractivity contribution in [2.45, 2.75) is 0 Å². The average molecular weight is 274 g/mol. The number of anilines is 1.